The number of rotatable bonds is 11. The first-order chi connectivity index (χ1) is 13.7. The average Bonchev–Trinajstić information content (AvgIpc) is 2.72. The Morgan fingerprint density at radius 3 is 2.68 bits per heavy atom. The van der Waals surface area contributed by atoms with Gasteiger partial charge in [-0.2, -0.15) is 0 Å². The summed E-state index contributed by atoms with van der Waals surface area (Å²) >= 11 is 0. The fraction of sp³-hybridized carbons (Fsp3) is 0.478. The average molecular weight is 382 g/mol. The number of carboxylic acids is 1. The molecule has 1 aromatic carbocycles. The van der Waals surface area contributed by atoms with Gasteiger partial charge in [-0.3, -0.25) is 0 Å². The van der Waals surface area contributed by atoms with Crippen molar-refractivity contribution in [3.05, 3.63) is 53.7 Å². The van der Waals surface area contributed by atoms with Gasteiger partial charge in [-0.25, -0.2) is 9.78 Å². The molecule has 0 amide bonds. The molecular formula is C23H31N3O2. The van der Waals surface area contributed by atoms with Crippen molar-refractivity contribution < 1.29 is 9.90 Å². The van der Waals surface area contributed by atoms with Gasteiger partial charge in [0.25, 0.3) is 0 Å². The van der Waals surface area contributed by atoms with Crippen molar-refractivity contribution in [2.45, 2.75) is 63.8 Å². The summed E-state index contributed by atoms with van der Waals surface area (Å²) in [6, 6.07) is 13.4. The SMILES string of the molecule is O=C(O)[C@H](CCCCCCCc1ccc2c(n1)NCCC2)Nc1ccccc1. The molecule has 1 atom stereocenters. The second-order valence-electron chi connectivity index (χ2n) is 7.55. The van der Waals surface area contributed by atoms with Gasteiger partial charge >= 0.3 is 5.97 Å². The molecule has 0 bridgehead atoms. The second-order valence-corrected chi connectivity index (χ2v) is 7.55. The first kappa shape index (κ1) is 20.2. The third-order valence-corrected chi connectivity index (χ3v) is 5.29. The predicted octanol–water partition coefficient (Wildman–Crippen LogP) is 4.89. The summed E-state index contributed by atoms with van der Waals surface area (Å²) in [5.74, 6) is 0.297. The van der Waals surface area contributed by atoms with E-state index in [4.69, 9.17) is 4.98 Å². The number of hydrogen-bond donors (Lipinski definition) is 3. The number of pyridine rings is 1. The van der Waals surface area contributed by atoms with E-state index in [0.717, 1.165) is 63.0 Å². The predicted molar refractivity (Wildman–Crippen MR) is 114 cm³/mol. The van der Waals surface area contributed by atoms with Gasteiger partial charge in [0.05, 0.1) is 0 Å². The van der Waals surface area contributed by atoms with Gasteiger partial charge in [0.15, 0.2) is 0 Å². The van der Waals surface area contributed by atoms with Crippen LogP contribution in [0, 0.1) is 0 Å². The minimum Gasteiger partial charge on any atom is -0.480 e. The van der Waals surface area contributed by atoms with Crippen molar-refractivity contribution in [1.82, 2.24) is 4.98 Å². The topological polar surface area (TPSA) is 74.2 Å². The maximum atomic E-state index is 11.5. The van der Waals surface area contributed by atoms with Crippen molar-refractivity contribution in [3.8, 4) is 0 Å². The molecule has 0 radical (unpaired) electrons. The Bertz CT molecular complexity index is 749. The monoisotopic (exact) mass is 381 g/mol. The summed E-state index contributed by atoms with van der Waals surface area (Å²) in [7, 11) is 0. The summed E-state index contributed by atoms with van der Waals surface area (Å²) in [6.45, 7) is 1.03. The molecule has 0 spiro atoms. The van der Waals surface area contributed by atoms with Crippen LogP contribution < -0.4 is 10.6 Å². The molecule has 28 heavy (non-hydrogen) atoms. The van der Waals surface area contributed by atoms with Crippen molar-refractivity contribution >= 4 is 17.5 Å². The van der Waals surface area contributed by atoms with Gasteiger partial charge in [0, 0.05) is 17.9 Å². The molecule has 5 nitrogen and oxygen atoms in total. The number of aryl methyl sites for hydroxylation is 2. The summed E-state index contributed by atoms with van der Waals surface area (Å²) in [5, 5.41) is 15.9. The zero-order valence-electron chi connectivity index (χ0n) is 16.5. The standard InChI is InChI=1S/C23H31N3O2/c27-23(28)21(25-19-11-6-4-7-12-19)14-8-3-1-2-5-13-20-16-15-18-10-9-17-24-22(18)26-20/h4,6-7,11-12,15-16,21,25H,1-3,5,8-10,13-14,17H2,(H,24,26)(H,27,28)/t21-/m0/s1. The highest BCUT2D eigenvalue weighted by atomic mass is 16.4. The number of nitrogens with one attached hydrogen (secondary N) is 2. The zero-order chi connectivity index (χ0) is 19.6. The van der Waals surface area contributed by atoms with Crippen LogP contribution in [0.3, 0.4) is 0 Å². The minimum atomic E-state index is -0.782. The quantitative estimate of drug-likeness (QED) is 0.483. The number of carboxylic acid groups (broad SMARTS) is 1. The maximum absolute atomic E-state index is 11.5. The van der Waals surface area contributed by atoms with Gasteiger partial charge in [-0.05, 0) is 55.9 Å². The number of hydrogen-bond acceptors (Lipinski definition) is 4. The van der Waals surface area contributed by atoms with E-state index in [2.05, 4.69) is 22.8 Å². The van der Waals surface area contributed by atoms with E-state index < -0.39 is 12.0 Å². The Labute approximate surface area is 167 Å². The minimum absolute atomic E-state index is 0.519. The lowest BCUT2D eigenvalue weighted by Crippen LogP contribution is -2.29. The largest absolute Gasteiger partial charge is 0.480 e. The van der Waals surface area contributed by atoms with E-state index in [9.17, 15) is 9.90 Å². The van der Waals surface area contributed by atoms with E-state index in [1.54, 1.807) is 0 Å². The molecule has 1 aromatic heterocycles. The zero-order valence-corrected chi connectivity index (χ0v) is 16.5. The number of anilines is 2. The summed E-state index contributed by atoms with van der Waals surface area (Å²) in [5.41, 5.74) is 3.38. The fourth-order valence-corrected chi connectivity index (χ4v) is 3.69. The second kappa shape index (κ2) is 10.7. The number of para-hydroxylation sites is 1. The highest BCUT2D eigenvalue weighted by molar-refractivity contribution is 5.77. The van der Waals surface area contributed by atoms with Crippen LogP contribution in [0.2, 0.25) is 0 Å². The van der Waals surface area contributed by atoms with Gasteiger partial charge in [-0.15, -0.1) is 0 Å². The lowest BCUT2D eigenvalue weighted by molar-refractivity contribution is -0.138. The molecule has 5 heteroatoms. The molecule has 150 valence electrons. The van der Waals surface area contributed by atoms with Crippen LogP contribution >= 0.6 is 0 Å². The number of unbranched alkanes of at least 4 members (excludes halogenated alkanes) is 4. The van der Waals surface area contributed by atoms with E-state index in [1.165, 1.54) is 17.7 Å². The smallest absolute Gasteiger partial charge is 0.326 e. The summed E-state index contributed by atoms with van der Waals surface area (Å²) in [4.78, 5) is 16.2. The van der Waals surface area contributed by atoms with Crippen LogP contribution in [0.1, 0.15) is 56.2 Å². The molecule has 0 aliphatic carbocycles. The Balaban J connectivity index is 1.30. The van der Waals surface area contributed by atoms with Crippen LogP contribution in [0.25, 0.3) is 0 Å². The van der Waals surface area contributed by atoms with Crippen molar-refractivity contribution in [3.63, 3.8) is 0 Å². The number of fused-ring (bicyclic) bond motifs is 1. The summed E-state index contributed by atoms with van der Waals surface area (Å²) < 4.78 is 0. The van der Waals surface area contributed by atoms with Gasteiger partial charge in [0.2, 0.25) is 0 Å². The number of carbonyl (C=O) groups is 1. The third-order valence-electron chi connectivity index (χ3n) is 5.29. The molecule has 0 saturated heterocycles. The van der Waals surface area contributed by atoms with Crippen molar-refractivity contribution in [1.29, 1.82) is 0 Å². The molecule has 0 unspecified atom stereocenters. The van der Waals surface area contributed by atoms with Crippen LogP contribution in [0.5, 0.6) is 0 Å². The van der Waals surface area contributed by atoms with E-state index in [-0.39, 0.29) is 0 Å². The first-order valence-electron chi connectivity index (χ1n) is 10.5. The molecule has 1 aliphatic heterocycles. The Morgan fingerprint density at radius 1 is 1.07 bits per heavy atom. The highest BCUT2D eigenvalue weighted by Crippen LogP contribution is 2.20. The molecule has 3 N–H and O–H groups in total. The van der Waals surface area contributed by atoms with Crippen molar-refractivity contribution in [2.24, 2.45) is 0 Å². The molecule has 0 saturated carbocycles. The van der Waals surface area contributed by atoms with Crippen LogP contribution in [-0.4, -0.2) is 28.6 Å². The number of benzene rings is 1. The van der Waals surface area contributed by atoms with Crippen LogP contribution in [-0.2, 0) is 17.6 Å². The lowest BCUT2D eigenvalue weighted by Gasteiger charge is -2.17. The third kappa shape index (κ3) is 6.25. The normalized spacial score (nSPS) is 14.0. The fourth-order valence-electron chi connectivity index (χ4n) is 3.69. The van der Waals surface area contributed by atoms with Gasteiger partial charge in [-0.1, -0.05) is 49.9 Å². The van der Waals surface area contributed by atoms with Crippen LogP contribution in [0.4, 0.5) is 11.5 Å². The lowest BCUT2D eigenvalue weighted by atomic mass is 10.0. The highest BCUT2D eigenvalue weighted by Gasteiger charge is 2.16. The van der Waals surface area contributed by atoms with Gasteiger partial charge < -0.3 is 15.7 Å². The number of nitrogens with zero attached hydrogens (tertiary/aromatic N) is 1. The molecule has 2 heterocycles. The van der Waals surface area contributed by atoms with E-state index in [0.29, 0.717) is 6.42 Å². The van der Waals surface area contributed by atoms with Crippen molar-refractivity contribution in [2.75, 3.05) is 17.2 Å². The Hall–Kier alpha value is -2.56. The van der Waals surface area contributed by atoms with E-state index >= 15 is 0 Å². The molecule has 1 aliphatic rings. The number of aromatic nitrogens is 1. The van der Waals surface area contributed by atoms with Crippen LogP contribution in [0.15, 0.2) is 42.5 Å². The molecule has 3 rings (SSSR count). The number of aliphatic carboxylic acids is 1. The van der Waals surface area contributed by atoms with E-state index in [1.807, 2.05) is 30.3 Å². The van der Waals surface area contributed by atoms with Gasteiger partial charge in [0.1, 0.15) is 11.9 Å². The molecule has 2 aromatic rings. The molecule has 0 fully saturated rings. The first-order valence-corrected chi connectivity index (χ1v) is 10.5. The maximum Gasteiger partial charge on any atom is 0.326 e. The molecular weight excluding hydrogens is 350 g/mol. The Kier molecular flexibility index (Phi) is 7.71. The Morgan fingerprint density at radius 2 is 1.86 bits per heavy atom. The summed E-state index contributed by atoms with van der Waals surface area (Å²) in [6.07, 6.45) is 9.43.